The summed E-state index contributed by atoms with van der Waals surface area (Å²) in [4.78, 5) is 0. The third-order valence-corrected chi connectivity index (χ3v) is 0. The van der Waals surface area contributed by atoms with Crippen LogP contribution in [0, 0.1) is 0 Å². The molecule has 0 aromatic heterocycles. The predicted molar refractivity (Wildman–Crippen MR) is 29.4 cm³/mol. The Balaban J connectivity index is 0. The highest BCUT2D eigenvalue weighted by Gasteiger charge is 0.644. The largest absolute Gasteiger partial charge is 0.0973 e. The average molecular weight is 96.2 g/mol. The first kappa shape index (κ1) is 2.42. The van der Waals surface area contributed by atoms with Crippen LogP contribution in [0.1, 0.15) is 2.74 Å². The second-order valence-corrected chi connectivity index (χ2v) is 0. The van der Waals surface area contributed by atoms with Gasteiger partial charge in [-0.3, -0.25) is 0 Å². The molecule has 0 saturated carbocycles. The standard InChI is InChI=1S/2CH2S/c2*1-2/h2*1H2/i2*1T. The lowest BCUT2D eigenvalue weighted by Gasteiger charge is -0.774. The van der Waals surface area contributed by atoms with E-state index >= 15 is 0 Å². The molecule has 0 aromatic carbocycles. The molecule has 0 aromatic rings. The van der Waals surface area contributed by atoms with Gasteiger partial charge in [-0.05, 0) is 11.7 Å². The topological polar surface area (TPSA) is 0 Å². The Labute approximate surface area is 39.6 Å². The zero-order valence-corrected chi connectivity index (χ0v) is 3.60. The molecular weight excluding hydrogens is 88.2 g/mol. The number of rotatable bonds is 0. The molecule has 0 nitrogen and oxygen atoms in total. The zero-order valence-electron chi connectivity index (χ0n) is 3.97. The summed E-state index contributed by atoms with van der Waals surface area (Å²) in [5.74, 6) is 1.67. The SMILES string of the molecule is [3H]C=S.[3H]C=S. The van der Waals surface area contributed by atoms with E-state index in [1.165, 1.54) is 0 Å². The molecule has 0 spiro atoms. The minimum Gasteiger partial charge on any atom is -0.0973 e. The van der Waals surface area contributed by atoms with Crippen LogP contribution >= 0.6 is 24.4 Å². The zero-order chi connectivity index (χ0) is 5.41. The second-order valence-electron chi connectivity index (χ2n) is 0. The molecule has 0 rings (SSSR count). The van der Waals surface area contributed by atoms with Crippen molar-refractivity contribution in [3.05, 3.63) is 0 Å². The van der Waals surface area contributed by atoms with Gasteiger partial charge in [-0.2, -0.15) is 0 Å². The highest BCUT2D eigenvalue weighted by molar-refractivity contribution is 7.77. The minimum atomic E-state index is 0.833. The quantitative estimate of drug-likeness (QED) is 0.416. The summed E-state index contributed by atoms with van der Waals surface area (Å²) in [5, 5.41) is 0. The molecule has 0 bridgehead atoms. The monoisotopic (exact) mass is 96.0 g/mol. The molecule has 0 aliphatic heterocycles. The third-order valence-electron chi connectivity index (χ3n) is 0. The lowest BCUT2D eigenvalue weighted by Crippen LogP contribution is -0.661. The highest BCUT2D eigenvalue weighted by Crippen LogP contribution is 1.03. The van der Waals surface area contributed by atoms with E-state index in [1.807, 2.05) is 0 Å². The molecule has 0 amide bonds. The fourth-order valence-electron chi connectivity index (χ4n) is 0. The summed E-state index contributed by atoms with van der Waals surface area (Å²) >= 11 is 7.87. The Hall–Kier alpha value is 0.180. The first-order valence-electron chi connectivity index (χ1n) is 1.63. The molecule has 24 valence electrons. The maximum atomic E-state index is 5.90. The Kier molecular flexibility index (Phi) is 282. The summed E-state index contributed by atoms with van der Waals surface area (Å²) in [6, 6.07) is 0. The van der Waals surface area contributed by atoms with Gasteiger partial charge in [-0.25, -0.2) is 0 Å². The molecule has 4 heavy (non-hydrogen) atoms. The summed E-state index contributed by atoms with van der Waals surface area (Å²) in [6.07, 6.45) is 0. The first-order chi connectivity index (χ1) is 2.83. The molecule has 0 aliphatic carbocycles. The van der Waals surface area contributed by atoms with Crippen LogP contribution in [0.25, 0.3) is 0 Å². The van der Waals surface area contributed by atoms with Crippen molar-refractivity contribution >= 4 is 36.1 Å². The van der Waals surface area contributed by atoms with Crippen LogP contribution in [0.15, 0.2) is 0 Å². The molecule has 0 aliphatic rings. The van der Waals surface area contributed by atoms with Crippen molar-refractivity contribution in [2.45, 2.75) is 0 Å². The molecule has 0 radical (unpaired) electrons. The maximum Gasteiger partial charge on any atom is 0.0662 e. The Morgan fingerprint density at radius 2 is 1.50 bits per heavy atom. The van der Waals surface area contributed by atoms with Gasteiger partial charge in [0, 0.05) is 0 Å². The van der Waals surface area contributed by atoms with Crippen LogP contribution in [0.3, 0.4) is 0 Å². The predicted octanol–water partition coefficient (Wildman–Crippen LogP) is 1.23. The van der Waals surface area contributed by atoms with E-state index in [0.29, 0.717) is 0 Å². The van der Waals surface area contributed by atoms with E-state index in [9.17, 15) is 0 Å². The van der Waals surface area contributed by atoms with Crippen molar-refractivity contribution in [2.24, 2.45) is 0 Å². The Morgan fingerprint density at radius 3 is 1.50 bits per heavy atom. The molecule has 0 fully saturated rings. The fourth-order valence-corrected chi connectivity index (χ4v) is 0. The van der Waals surface area contributed by atoms with Crippen molar-refractivity contribution < 1.29 is 2.74 Å². The van der Waals surface area contributed by atoms with Crippen molar-refractivity contribution in [2.75, 3.05) is 0 Å². The van der Waals surface area contributed by atoms with Gasteiger partial charge in [-0.1, -0.05) is 24.4 Å². The normalized spacial score (nSPS) is 7.00. The van der Waals surface area contributed by atoms with Crippen LogP contribution in [0.5, 0.6) is 0 Å². The van der Waals surface area contributed by atoms with Gasteiger partial charge in [0.1, 0.15) is 0 Å². The van der Waals surface area contributed by atoms with Crippen LogP contribution < -0.4 is 0 Å². The third kappa shape index (κ3) is 93.7. The van der Waals surface area contributed by atoms with Crippen molar-refractivity contribution in [1.82, 2.24) is 0 Å². The van der Waals surface area contributed by atoms with E-state index in [4.69, 9.17) is 2.74 Å². The van der Waals surface area contributed by atoms with Crippen molar-refractivity contribution in [3.8, 4) is 0 Å². The fraction of sp³-hybridized carbons (Fsp3) is 0. The number of hydrogen-bond donors (Lipinski definition) is 0. The van der Waals surface area contributed by atoms with Gasteiger partial charge in [0.15, 0.2) is 0 Å². The number of thiocarbonyl (C=S) groups is 2. The van der Waals surface area contributed by atoms with Crippen molar-refractivity contribution in [1.29, 1.82) is 0 Å². The van der Waals surface area contributed by atoms with Crippen LogP contribution in [-0.2, 0) is 0 Å². The number of hydrogen-bond acceptors (Lipinski definition) is 2. The van der Waals surface area contributed by atoms with E-state index < -0.39 is 0 Å². The average Bonchev–Trinajstić information content (AvgIpc) is 1.39. The van der Waals surface area contributed by atoms with E-state index in [2.05, 4.69) is 24.4 Å². The lowest BCUT2D eigenvalue weighted by molar-refractivity contribution is 4.83. The Bertz CT molecular complexity index is 30.5. The lowest BCUT2D eigenvalue weighted by atomic mass is 12.0. The van der Waals surface area contributed by atoms with Gasteiger partial charge < -0.3 is 0 Å². The van der Waals surface area contributed by atoms with Crippen LogP contribution in [-0.4, -0.2) is 11.7 Å². The maximum absolute atomic E-state index is 5.90. The smallest absolute Gasteiger partial charge is 0.0662 e. The summed E-state index contributed by atoms with van der Waals surface area (Å²) in [6.45, 7) is 0. The van der Waals surface area contributed by atoms with Gasteiger partial charge in [0.25, 0.3) is 0 Å². The molecule has 2 heteroatoms. The summed E-state index contributed by atoms with van der Waals surface area (Å²) in [5.41, 5.74) is 0. The molecule has 0 N–H and O–H groups in total. The minimum absolute atomic E-state index is 0.833. The molecule has 0 atom stereocenters. The highest BCUT2D eigenvalue weighted by atomic mass is 32.1. The molecule has 0 heterocycles. The first-order valence-corrected chi connectivity index (χ1v) is 1.41. The molecule has 0 unspecified atom stereocenters. The Morgan fingerprint density at radius 1 is 1.50 bits per heavy atom. The van der Waals surface area contributed by atoms with E-state index in [0.717, 1.165) is 11.7 Å². The van der Waals surface area contributed by atoms with Gasteiger partial charge in [0.2, 0.25) is 0 Å². The van der Waals surface area contributed by atoms with E-state index in [-0.39, 0.29) is 0 Å². The molecular formula is C2H4S2. The van der Waals surface area contributed by atoms with Gasteiger partial charge in [0.05, 0.1) is 2.74 Å². The summed E-state index contributed by atoms with van der Waals surface area (Å²) < 4.78 is 11.8. The summed E-state index contributed by atoms with van der Waals surface area (Å²) in [7, 11) is 0. The van der Waals surface area contributed by atoms with Crippen LogP contribution in [0.2, 0.25) is 0 Å². The van der Waals surface area contributed by atoms with Gasteiger partial charge in [-0.15, -0.1) is 0 Å². The van der Waals surface area contributed by atoms with Crippen molar-refractivity contribution in [3.63, 3.8) is 0 Å². The second kappa shape index (κ2) is 466. The molecule has 0 saturated heterocycles. The van der Waals surface area contributed by atoms with Crippen LogP contribution in [0.4, 0.5) is 0 Å². The van der Waals surface area contributed by atoms with Gasteiger partial charge >= 0.3 is 0 Å². The van der Waals surface area contributed by atoms with E-state index in [1.54, 1.807) is 0 Å².